The molecule has 1 N–H and O–H groups in total. The minimum atomic E-state index is -3.83. The molecule has 0 unspecified atom stereocenters. The first kappa shape index (κ1) is 17.3. The Balaban J connectivity index is 1.77. The van der Waals surface area contributed by atoms with Crippen LogP contribution < -0.4 is 4.72 Å². The van der Waals surface area contributed by atoms with E-state index >= 15 is 0 Å². The van der Waals surface area contributed by atoms with Crippen molar-refractivity contribution in [2.75, 3.05) is 4.72 Å². The Morgan fingerprint density at radius 1 is 1.29 bits per heavy atom. The molecule has 0 saturated heterocycles. The molecule has 0 amide bonds. The molecule has 0 aliphatic rings. The predicted molar refractivity (Wildman–Crippen MR) is 95.6 cm³/mol. The number of halogens is 2. The van der Waals surface area contributed by atoms with Crippen molar-refractivity contribution in [3.63, 3.8) is 0 Å². The molecule has 0 aliphatic heterocycles. The summed E-state index contributed by atoms with van der Waals surface area (Å²) in [6.45, 7) is 1.96. The molecule has 0 bridgehead atoms. The first-order valence-electron chi connectivity index (χ1n) is 6.67. The summed E-state index contributed by atoms with van der Waals surface area (Å²) < 4.78 is 44.6. The molecular weight excluding hydrogens is 393 g/mol. The van der Waals surface area contributed by atoms with Crippen molar-refractivity contribution >= 4 is 49.6 Å². The summed E-state index contributed by atoms with van der Waals surface area (Å²) in [5.41, 5.74) is -0.00591. The van der Waals surface area contributed by atoms with Gasteiger partial charge in [0.05, 0.1) is 10.6 Å². The molecule has 0 aliphatic carbocycles. The zero-order chi connectivity index (χ0) is 17.3. The average Bonchev–Trinajstić information content (AvgIpc) is 3.11. The Kier molecular flexibility index (Phi) is 4.86. The molecule has 3 rings (SSSR count). The van der Waals surface area contributed by atoms with Gasteiger partial charge in [-0.25, -0.2) is 12.8 Å². The molecule has 126 valence electrons. The lowest BCUT2D eigenvalue weighted by Crippen LogP contribution is -2.15. The van der Waals surface area contributed by atoms with E-state index in [4.69, 9.17) is 11.6 Å². The molecule has 0 saturated carbocycles. The highest BCUT2D eigenvalue weighted by Crippen LogP contribution is 2.28. The fourth-order valence-electron chi connectivity index (χ4n) is 1.95. The van der Waals surface area contributed by atoms with Crippen LogP contribution in [0.5, 0.6) is 0 Å². The Morgan fingerprint density at radius 3 is 2.79 bits per heavy atom. The van der Waals surface area contributed by atoms with E-state index in [0.717, 1.165) is 27.4 Å². The number of hydrogen-bond acceptors (Lipinski definition) is 6. The van der Waals surface area contributed by atoms with Crippen LogP contribution >= 0.6 is 34.5 Å². The molecule has 5 nitrogen and oxygen atoms in total. The topological polar surface area (TPSA) is 72.0 Å². The van der Waals surface area contributed by atoms with Crippen molar-refractivity contribution in [2.24, 2.45) is 0 Å². The minimum absolute atomic E-state index is 0.00591. The number of anilines is 1. The number of benzene rings is 1. The standard InChI is InChI=1S/C14H11ClFN3O2S3/c1-8-2-5-12(22-8)13-17-14(23-18-13)19-24(20,21)7-9-6-10(15)3-4-11(9)16/h2-6H,7H2,1H3,(H,17,18,19). The third-order valence-electron chi connectivity index (χ3n) is 2.98. The quantitative estimate of drug-likeness (QED) is 0.689. The Bertz CT molecular complexity index is 985. The van der Waals surface area contributed by atoms with Crippen LogP contribution in [0.2, 0.25) is 5.02 Å². The van der Waals surface area contributed by atoms with Crippen LogP contribution in [0, 0.1) is 12.7 Å². The fourth-order valence-corrected chi connectivity index (χ4v) is 4.99. The predicted octanol–water partition coefficient (Wildman–Crippen LogP) is 4.31. The maximum atomic E-state index is 13.7. The number of nitrogens with zero attached hydrogens (tertiary/aromatic N) is 2. The number of nitrogens with one attached hydrogen (secondary N) is 1. The summed E-state index contributed by atoms with van der Waals surface area (Å²) >= 11 is 8.23. The fraction of sp³-hybridized carbons (Fsp3) is 0.143. The lowest BCUT2D eigenvalue weighted by atomic mass is 10.2. The van der Waals surface area contributed by atoms with Crippen molar-refractivity contribution in [3.8, 4) is 10.7 Å². The van der Waals surface area contributed by atoms with Gasteiger partial charge in [0.25, 0.3) is 0 Å². The smallest absolute Gasteiger partial charge is 0.238 e. The van der Waals surface area contributed by atoms with Crippen molar-refractivity contribution in [2.45, 2.75) is 12.7 Å². The first-order chi connectivity index (χ1) is 11.3. The van der Waals surface area contributed by atoms with Crippen LogP contribution in [0.1, 0.15) is 10.4 Å². The van der Waals surface area contributed by atoms with E-state index in [9.17, 15) is 12.8 Å². The molecule has 24 heavy (non-hydrogen) atoms. The van der Waals surface area contributed by atoms with E-state index in [-0.39, 0.29) is 15.7 Å². The van der Waals surface area contributed by atoms with Gasteiger partial charge in [0, 0.05) is 27.0 Å². The molecule has 2 aromatic heterocycles. The summed E-state index contributed by atoms with van der Waals surface area (Å²) in [5.74, 6) is -0.701. The normalized spacial score (nSPS) is 11.6. The van der Waals surface area contributed by atoms with Crippen molar-refractivity contribution in [3.05, 3.63) is 51.6 Å². The van der Waals surface area contributed by atoms with E-state index in [1.807, 2.05) is 19.1 Å². The Labute approximate surface area is 151 Å². The van der Waals surface area contributed by atoms with E-state index in [1.54, 1.807) is 0 Å². The van der Waals surface area contributed by atoms with Gasteiger partial charge in [-0.1, -0.05) is 11.6 Å². The summed E-state index contributed by atoms with van der Waals surface area (Å²) in [6, 6.07) is 7.60. The number of aryl methyl sites for hydroxylation is 1. The molecular formula is C14H11ClFN3O2S3. The molecule has 10 heteroatoms. The van der Waals surface area contributed by atoms with Crippen LogP contribution in [0.4, 0.5) is 9.52 Å². The van der Waals surface area contributed by atoms with Crippen molar-refractivity contribution < 1.29 is 12.8 Å². The summed E-state index contributed by atoms with van der Waals surface area (Å²) in [4.78, 5) is 6.13. The Hall–Kier alpha value is -1.55. The van der Waals surface area contributed by atoms with Crippen LogP contribution in [0.25, 0.3) is 10.7 Å². The van der Waals surface area contributed by atoms with Gasteiger partial charge in [0.15, 0.2) is 5.82 Å². The number of hydrogen-bond donors (Lipinski definition) is 1. The van der Waals surface area contributed by atoms with Gasteiger partial charge in [-0.2, -0.15) is 9.36 Å². The highest BCUT2D eigenvalue weighted by atomic mass is 35.5. The number of sulfonamides is 1. The summed E-state index contributed by atoms with van der Waals surface area (Å²) in [5, 5.41) is 0.409. The maximum Gasteiger partial charge on any atom is 0.238 e. The van der Waals surface area contributed by atoms with Crippen molar-refractivity contribution in [1.29, 1.82) is 0 Å². The van der Waals surface area contributed by atoms with Gasteiger partial charge in [-0.05, 0) is 37.3 Å². The van der Waals surface area contributed by atoms with Gasteiger partial charge >= 0.3 is 0 Å². The molecule has 1 aromatic carbocycles. The molecule has 0 fully saturated rings. The van der Waals surface area contributed by atoms with Gasteiger partial charge in [0.2, 0.25) is 15.2 Å². The van der Waals surface area contributed by atoms with Crippen molar-refractivity contribution in [1.82, 2.24) is 9.36 Å². The second kappa shape index (κ2) is 6.75. The second-order valence-corrected chi connectivity index (χ2v) is 9.13. The first-order valence-corrected chi connectivity index (χ1v) is 10.3. The molecule has 0 radical (unpaired) electrons. The lowest BCUT2D eigenvalue weighted by Gasteiger charge is -2.06. The second-order valence-electron chi connectivity index (χ2n) is 4.93. The van der Waals surface area contributed by atoms with Gasteiger partial charge < -0.3 is 0 Å². The highest BCUT2D eigenvalue weighted by molar-refractivity contribution is 7.92. The third kappa shape index (κ3) is 4.10. The van der Waals surface area contributed by atoms with E-state index in [0.29, 0.717) is 5.82 Å². The number of aromatic nitrogens is 2. The SMILES string of the molecule is Cc1ccc(-c2nsc(NS(=O)(=O)Cc3cc(Cl)ccc3F)n2)s1. The summed E-state index contributed by atoms with van der Waals surface area (Å²) in [6.07, 6.45) is 0. The summed E-state index contributed by atoms with van der Waals surface area (Å²) in [7, 11) is -3.83. The maximum absolute atomic E-state index is 13.7. The molecule has 0 spiro atoms. The third-order valence-corrected chi connectivity index (χ3v) is 6.17. The van der Waals surface area contributed by atoms with E-state index in [1.165, 1.54) is 23.5 Å². The van der Waals surface area contributed by atoms with E-state index in [2.05, 4.69) is 14.1 Å². The molecule has 0 atom stereocenters. The minimum Gasteiger partial charge on any atom is -0.257 e. The van der Waals surface area contributed by atoms with E-state index < -0.39 is 21.6 Å². The molecule has 2 heterocycles. The zero-order valence-corrected chi connectivity index (χ0v) is 15.5. The van der Waals surface area contributed by atoms with Crippen LogP contribution in [0.3, 0.4) is 0 Å². The lowest BCUT2D eigenvalue weighted by molar-refractivity contribution is 0.591. The van der Waals surface area contributed by atoms with Crippen LogP contribution in [-0.2, 0) is 15.8 Å². The van der Waals surface area contributed by atoms with Gasteiger partial charge in [-0.15, -0.1) is 11.3 Å². The average molecular weight is 404 g/mol. The zero-order valence-electron chi connectivity index (χ0n) is 12.3. The monoisotopic (exact) mass is 403 g/mol. The van der Waals surface area contributed by atoms with Gasteiger partial charge in [-0.3, -0.25) is 4.72 Å². The largest absolute Gasteiger partial charge is 0.257 e. The van der Waals surface area contributed by atoms with Crippen LogP contribution in [-0.4, -0.2) is 17.8 Å². The molecule has 3 aromatic rings. The number of thiophene rings is 1. The Morgan fingerprint density at radius 2 is 2.08 bits per heavy atom. The highest BCUT2D eigenvalue weighted by Gasteiger charge is 2.18. The van der Waals surface area contributed by atoms with Gasteiger partial charge in [0.1, 0.15) is 5.82 Å². The van der Waals surface area contributed by atoms with Crippen LogP contribution in [0.15, 0.2) is 30.3 Å². The number of rotatable bonds is 5.